The number of aliphatic carboxylic acids is 2. The Bertz CT molecular complexity index is 3990. The summed E-state index contributed by atoms with van der Waals surface area (Å²) < 4.78 is 72.9. The highest BCUT2D eigenvalue weighted by Crippen LogP contribution is 2.68. The number of fused-ring (bicyclic) bond motifs is 5. The van der Waals surface area contributed by atoms with Crippen LogP contribution in [0.3, 0.4) is 0 Å². The van der Waals surface area contributed by atoms with Gasteiger partial charge in [-0.05, 0) is 160 Å². The van der Waals surface area contributed by atoms with Gasteiger partial charge in [0.1, 0.15) is 48.4 Å². The largest absolute Gasteiger partial charge is 0.481 e. The van der Waals surface area contributed by atoms with Crippen LogP contribution in [0.5, 0.6) is 0 Å². The van der Waals surface area contributed by atoms with Crippen molar-refractivity contribution >= 4 is 82.9 Å². The van der Waals surface area contributed by atoms with E-state index in [4.69, 9.17) is 83.9 Å². The van der Waals surface area contributed by atoms with Gasteiger partial charge in [-0.15, -0.1) is 0 Å². The highest BCUT2D eigenvalue weighted by molar-refractivity contribution is 5.97. The molecule has 18 N–H and O–H groups in total. The van der Waals surface area contributed by atoms with Gasteiger partial charge in [0.2, 0.25) is 65.0 Å². The van der Waals surface area contributed by atoms with Crippen molar-refractivity contribution in [1.82, 2.24) is 47.9 Å². The van der Waals surface area contributed by atoms with E-state index < -0.39 is 187 Å². The summed E-state index contributed by atoms with van der Waals surface area (Å²) in [4.78, 5) is 183. The van der Waals surface area contributed by atoms with Crippen LogP contribution in [0.25, 0.3) is 0 Å². The molecule has 11 amide bonds. The van der Waals surface area contributed by atoms with Crippen molar-refractivity contribution in [2.75, 3.05) is 165 Å². The van der Waals surface area contributed by atoms with Crippen LogP contribution >= 0.6 is 0 Å². The van der Waals surface area contributed by atoms with Crippen molar-refractivity contribution < 1.29 is 144 Å². The Morgan fingerprint density at radius 3 is 1.39 bits per heavy atom. The zero-order chi connectivity index (χ0) is 106. The number of nitrogens with one attached hydrogen (secondary N) is 9. The van der Waals surface area contributed by atoms with Gasteiger partial charge >= 0.3 is 17.9 Å². The maximum atomic E-state index is 14.0. The molecule has 0 bridgehead atoms. The summed E-state index contributed by atoms with van der Waals surface area (Å²) in [6, 6.07) is -3.40. The smallest absolute Gasteiger partial charge is 0.308 e. The summed E-state index contributed by atoms with van der Waals surface area (Å²) >= 11 is 0. The first-order valence-corrected chi connectivity index (χ1v) is 51.9. The lowest BCUT2D eigenvalue weighted by molar-refractivity contribution is -0.164. The Morgan fingerprint density at radius 2 is 0.889 bits per heavy atom. The van der Waals surface area contributed by atoms with E-state index in [-0.39, 0.29) is 95.7 Å². The predicted octanol–water partition coefficient (Wildman–Crippen LogP) is 3.78. The van der Waals surface area contributed by atoms with E-state index in [0.29, 0.717) is 136 Å². The number of carbonyl (C=O) groups excluding carboxylic acids is 12. The molecule has 0 aliphatic heterocycles. The number of rotatable bonds is 80. The van der Waals surface area contributed by atoms with Crippen molar-refractivity contribution in [2.24, 2.45) is 87.2 Å². The number of amides is 11. The second kappa shape index (κ2) is 69.5. The van der Waals surface area contributed by atoms with Gasteiger partial charge in [-0.2, -0.15) is 0 Å². The molecule has 822 valence electrons. The van der Waals surface area contributed by atoms with Crippen LogP contribution in [-0.2, 0) is 135 Å². The zero-order valence-electron chi connectivity index (χ0n) is 87.3. The lowest BCUT2D eigenvalue weighted by Gasteiger charge is -2.61. The van der Waals surface area contributed by atoms with E-state index in [1.165, 1.54) is 64.7 Å². The Kier molecular flexibility index (Phi) is 60.6. The quantitative estimate of drug-likeness (QED) is 0.0326. The number of carboxylic acids is 2. The van der Waals surface area contributed by atoms with E-state index in [9.17, 15) is 77.3 Å². The van der Waals surface area contributed by atoms with E-state index in [2.05, 4.69) is 82.5 Å². The van der Waals surface area contributed by atoms with Crippen molar-refractivity contribution in [3.8, 4) is 0 Å². The number of aliphatic hydroxyl groups is 1. The first-order chi connectivity index (χ1) is 68.6. The molecule has 42 heteroatoms. The Labute approximate surface area is 850 Å². The minimum Gasteiger partial charge on any atom is -0.481 e. The van der Waals surface area contributed by atoms with Crippen LogP contribution in [0.1, 0.15) is 223 Å². The number of benzene rings is 1. The standard InChI is InChI=1S/C102H174N12O30/c1-65(2)17-16-18-69(9)75-23-24-76-74-22-21-72-61-73(29-32-101(72,11)77(74)30-33-102(75,76)12)144-90(123)63-81(93(105)124)108-86(117)31-35-132-37-39-134-41-43-136-45-47-138-49-51-140-53-55-142-57-58-143-56-54-141-52-50-139-48-46-137-44-42-135-40-38-133-36-34-106-96(127)82(60-71-19-14-13-15-20-71)111-97(128)79(26-28-89(121)122)109-94(125)70(10)107-99(130)91(67(5)6)113-87(118)64-84(115)80(59-66(3)4)110-98(129)83(62-85(104)116)112-100(131)92(68(7)8)114-95(126)78(103)25-27-88(119)120/h13-15,19-20,65-70,72-84,91-92,115H,16-18,21-64,103H2,1-12H3,(H2,104,116)(H2,105,124)(H,106,127)(H,107,130)(H,108,117)(H,109,125)(H,110,129)(H,111,128)(H,112,131)(H,113,118)(H,114,126)(H,119,120)(H,121,122)/t69-,70+,72+,73+,74+,75-,76+,77+,78+,79+,80+,81+,82+,83+,84+,91+,92+,101+,102-/m1/s1. The van der Waals surface area contributed by atoms with E-state index >= 15 is 0 Å². The average molecular weight is 2050 g/mol. The van der Waals surface area contributed by atoms with Crippen LogP contribution in [0.2, 0.25) is 0 Å². The van der Waals surface area contributed by atoms with Gasteiger partial charge in [0.05, 0.1) is 196 Å². The average Bonchev–Trinajstić information content (AvgIpc) is 1.60. The molecule has 0 aromatic heterocycles. The maximum Gasteiger partial charge on any atom is 0.308 e. The molecule has 1 aromatic carbocycles. The summed E-state index contributed by atoms with van der Waals surface area (Å²) in [5, 5.41) is 53.1. The molecule has 19 atom stereocenters. The number of hydrogen-bond acceptors (Lipinski definition) is 29. The minimum atomic E-state index is -1.64. The fourth-order valence-corrected chi connectivity index (χ4v) is 19.9. The number of ether oxygens (including phenoxy) is 13. The molecule has 0 radical (unpaired) electrons. The van der Waals surface area contributed by atoms with Gasteiger partial charge in [0.25, 0.3) is 0 Å². The van der Waals surface area contributed by atoms with Gasteiger partial charge in [-0.3, -0.25) is 67.1 Å². The van der Waals surface area contributed by atoms with E-state index in [1.807, 2.05) is 0 Å². The van der Waals surface area contributed by atoms with Gasteiger partial charge in [0.15, 0.2) is 0 Å². The maximum absolute atomic E-state index is 14.0. The zero-order valence-corrected chi connectivity index (χ0v) is 87.3. The van der Waals surface area contributed by atoms with Gasteiger partial charge < -0.3 is 142 Å². The molecule has 4 aliphatic rings. The fraction of sp³-hybridized carbons (Fsp3) is 0.804. The summed E-state index contributed by atoms with van der Waals surface area (Å²) in [7, 11) is 0. The molecule has 0 saturated heterocycles. The number of nitrogens with two attached hydrogens (primary N) is 3. The van der Waals surface area contributed by atoms with Crippen molar-refractivity contribution in [2.45, 2.75) is 291 Å². The molecular weight excluding hydrogens is 1870 g/mol. The molecular formula is C102H174N12O30. The third-order valence-electron chi connectivity index (χ3n) is 27.7. The number of esters is 1. The molecule has 0 unspecified atom stereocenters. The van der Waals surface area contributed by atoms with Crippen LogP contribution in [0.15, 0.2) is 30.3 Å². The normalized spacial score (nSPS) is 21.0. The summed E-state index contributed by atoms with van der Waals surface area (Å²) in [6.45, 7) is 31.3. The lowest BCUT2D eigenvalue weighted by Crippen LogP contribution is -2.59. The first-order valence-electron chi connectivity index (χ1n) is 51.9. The Morgan fingerprint density at radius 1 is 0.417 bits per heavy atom. The highest BCUT2D eigenvalue weighted by Gasteiger charge is 2.61. The highest BCUT2D eigenvalue weighted by atomic mass is 16.6. The number of carbonyl (C=O) groups is 14. The van der Waals surface area contributed by atoms with Crippen LogP contribution in [0.4, 0.5) is 0 Å². The predicted molar refractivity (Wildman–Crippen MR) is 531 cm³/mol. The number of primary amides is 2. The third-order valence-corrected chi connectivity index (χ3v) is 27.7. The summed E-state index contributed by atoms with van der Waals surface area (Å²) in [5.41, 5.74) is 18.3. The third kappa shape index (κ3) is 48.5. The lowest BCUT2D eigenvalue weighted by atomic mass is 9.44. The number of aliphatic hydroxyl groups excluding tert-OH is 1. The number of carboxylic acid groups (broad SMARTS) is 2. The molecule has 144 heavy (non-hydrogen) atoms. The Hall–Kier alpha value is -8.76. The Balaban J connectivity index is 0.820. The second-order valence-corrected chi connectivity index (χ2v) is 40.5. The summed E-state index contributed by atoms with van der Waals surface area (Å²) in [5.74, 6) is -8.44. The molecule has 4 aliphatic carbocycles. The topological polar surface area (TPSA) is 606 Å². The molecule has 5 rings (SSSR count). The molecule has 1 aromatic rings. The molecule has 4 fully saturated rings. The number of hydrogen-bond donors (Lipinski definition) is 15. The second-order valence-electron chi connectivity index (χ2n) is 40.5. The fourth-order valence-electron chi connectivity index (χ4n) is 19.9. The van der Waals surface area contributed by atoms with Crippen molar-refractivity contribution in [3.05, 3.63) is 35.9 Å². The van der Waals surface area contributed by atoms with Gasteiger partial charge in [0, 0.05) is 32.2 Å². The molecule has 42 nitrogen and oxygen atoms in total. The minimum absolute atomic E-state index is 0.00767. The van der Waals surface area contributed by atoms with E-state index in [1.54, 1.807) is 71.9 Å². The monoisotopic (exact) mass is 2050 g/mol. The molecule has 0 spiro atoms. The first kappa shape index (κ1) is 126. The van der Waals surface area contributed by atoms with Crippen LogP contribution in [0, 0.1) is 70.0 Å². The van der Waals surface area contributed by atoms with Gasteiger partial charge in [-0.25, -0.2) is 0 Å². The SMILES string of the molecule is CC(C)CCC[C@@H](C)[C@H]1CC[C@H]2[C@@H]3CC[C@H]4C[C@@H](OC(=O)C[C@H](NC(=O)CCOCCOCCOCCOCCOCCOCCOCCOCCOCCOCCOCCOCCNC(=O)[C@H](Cc5ccccc5)NC(=O)[C@H](CCC(=O)O)NC(=O)[C@H](C)NC(=O)[C@@H](NC(=O)C[C@H](O)[C@H](CC(C)C)NC(=O)[C@H](CC(N)=O)NC(=O)[C@@H](NC(=O)[C@@H](N)CCC(=O)O)C(C)C)C(C)C)C(N)=O)CC[C@]4(C)[C@H]3CC[C@]12C. The van der Waals surface area contributed by atoms with Gasteiger partial charge in [-0.1, -0.05) is 126 Å². The molecule has 0 heterocycles. The van der Waals surface area contributed by atoms with Crippen molar-refractivity contribution in [1.29, 1.82) is 0 Å². The van der Waals surface area contributed by atoms with Crippen LogP contribution in [-0.4, -0.2) is 330 Å². The summed E-state index contributed by atoms with van der Waals surface area (Å²) in [6.07, 6.45) is 9.35. The van der Waals surface area contributed by atoms with Crippen LogP contribution < -0.4 is 65.1 Å². The van der Waals surface area contributed by atoms with Crippen molar-refractivity contribution in [3.63, 3.8) is 0 Å². The molecule has 4 saturated carbocycles. The van der Waals surface area contributed by atoms with E-state index in [0.717, 1.165) is 54.8 Å².